The lowest BCUT2D eigenvalue weighted by atomic mass is 10.2. The van der Waals surface area contributed by atoms with E-state index in [2.05, 4.69) is 5.32 Å². The molecule has 0 aromatic heterocycles. The van der Waals surface area contributed by atoms with Crippen molar-refractivity contribution in [2.75, 3.05) is 5.32 Å². The van der Waals surface area contributed by atoms with E-state index in [9.17, 15) is 8.42 Å². The number of benzene rings is 2. The summed E-state index contributed by atoms with van der Waals surface area (Å²) in [5, 5.41) is 2.80. The molecule has 0 heterocycles. The van der Waals surface area contributed by atoms with Gasteiger partial charge >= 0.3 is 10.1 Å². The molecule has 0 fully saturated rings. The first-order valence-corrected chi connectivity index (χ1v) is 7.87. The van der Waals surface area contributed by atoms with E-state index in [1.54, 1.807) is 36.4 Å². The summed E-state index contributed by atoms with van der Waals surface area (Å²) in [5.74, 6) is 0.252. The van der Waals surface area contributed by atoms with Gasteiger partial charge in [0.25, 0.3) is 0 Å². The number of nitrogens with one attached hydrogen (secondary N) is 1. The molecule has 2 aromatic rings. The van der Waals surface area contributed by atoms with Crippen molar-refractivity contribution in [1.29, 1.82) is 0 Å². The van der Waals surface area contributed by atoms with Crippen molar-refractivity contribution in [2.45, 2.75) is 11.8 Å². The highest BCUT2D eigenvalue weighted by Crippen LogP contribution is 2.23. The number of thiocarbonyl (C=S) groups is 1. The molecule has 2 rings (SSSR count). The standard InChI is InChI=1S/C14H14N2O3S2/c1-10-7-8-12(9-13(10)16-14(15)20)21(17,18)19-11-5-3-2-4-6-11/h2-9H,1H3,(H3,15,16,20). The molecule has 110 valence electrons. The van der Waals surface area contributed by atoms with Crippen LogP contribution in [0.1, 0.15) is 5.56 Å². The zero-order valence-electron chi connectivity index (χ0n) is 11.2. The molecule has 2 aromatic carbocycles. The van der Waals surface area contributed by atoms with Crippen LogP contribution in [-0.2, 0) is 10.1 Å². The first kappa shape index (κ1) is 15.3. The summed E-state index contributed by atoms with van der Waals surface area (Å²) in [6, 6.07) is 12.9. The van der Waals surface area contributed by atoms with Gasteiger partial charge < -0.3 is 15.2 Å². The minimum Gasteiger partial charge on any atom is -0.379 e. The van der Waals surface area contributed by atoms with Crippen LogP contribution in [0.15, 0.2) is 53.4 Å². The molecule has 0 aliphatic rings. The lowest BCUT2D eigenvalue weighted by Crippen LogP contribution is -2.20. The molecule has 21 heavy (non-hydrogen) atoms. The predicted molar refractivity (Wildman–Crippen MR) is 85.8 cm³/mol. The van der Waals surface area contributed by atoms with Crippen molar-refractivity contribution in [1.82, 2.24) is 0 Å². The molecule has 7 heteroatoms. The van der Waals surface area contributed by atoms with Gasteiger partial charge in [-0.15, -0.1) is 0 Å². The molecule has 0 aliphatic carbocycles. The SMILES string of the molecule is Cc1ccc(S(=O)(=O)Oc2ccccc2)cc1NC(N)=S. The van der Waals surface area contributed by atoms with E-state index in [0.717, 1.165) is 5.56 Å². The topological polar surface area (TPSA) is 81.4 Å². The smallest absolute Gasteiger partial charge is 0.339 e. The Bertz CT molecular complexity index is 759. The number of para-hydroxylation sites is 1. The van der Waals surface area contributed by atoms with Gasteiger partial charge in [-0.3, -0.25) is 0 Å². The van der Waals surface area contributed by atoms with Crippen molar-refractivity contribution in [3.8, 4) is 5.75 Å². The molecule has 0 bridgehead atoms. The van der Waals surface area contributed by atoms with Crippen LogP contribution >= 0.6 is 12.2 Å². The summed E-state index contributed by atoms with van der Waals surface area (Å²) in [6.07, 6.45) is 0. The lowest BCUT2D eigenvalue weighted by Gasteiger charge is -2.11. The molecule has 0 radical (unpaired) electrons. The molecule has 5 nitrogen and oxygen atoms in total. The molecule has 0 atom stereocenters. The van der Waals surface area contributed by atoms with E-state index in [4.69, 9.17) is 22.1 Å². The number of rotatable bonds is 4. The third-order valence-corrected chi connectivity index (χ3v) is 4.05. The van der Waals surface area contributed by atoms with Crippen LogP contribution in [0, 0.1) is 6.92 Å². The molecule has 0 saturated carbocycles. The average Bonchev–Trinajstić information content (AvgIpc) is 2.41. The Morgan fingerprint density at radius 1 is 1.19 bits per heavy atom. The number of aryl methyl sites for hydroxylation is 1. The fraction of sp³-hybridized carbons (Fsp3) is 0.0714. The Morgan fingerprint density at radius 3 is 2.48 bits per heavy atom. The van der Waals surface area contributed by atoms with E-state index in [-0.39, 0.29) is 15.8 Å². The van der Waals surface area contributed by atoms with Crippen LogP contribution in [0.3, 0.4) is 0 Å². The Kier molecular flexibility index (Phi) is 4.44. The van der Waals surface area contributed by atoms with Gasteiger partial charge in [-0.2, -0.15) is 8.42 Å². The van der Waals surface area contributed by atoms with Crippen LogP contribution in [0.25, 0.3) is 0 Å². The van der Waals surface area contributed by atoms with E-state index in [1.165, 1.54) is 12.1 Å². The van der Waals surface area contributed by atoms with Gasteiger partial charge in [-0.05, 0) is 49.0 Å². The van der Waals surface area contributed by atoms with Crippen LogP contribution < -0.4 is 15.2 Å². The molecule has 0 saturated heterocycles. The van der Waals surface area contributed by atoms with E-state index >= 15 is 0 Å². The van der Waals surface area contributed by atoms with Crippen LogP contribution in [0.5, 0.6) is 5.75 Å². The first-order chi connectivity index (χ1) is 9.88. The lowest BCUT2D eigenvalue weighted by molar-refractivity contribution is 0.486. The van der Waals surface area contributed by atoms with Crippen LogP contribution in [-0.4, -0.2) is 13.5 Å². The summed E-state index contributed by atoms with van der Waals surface area (Å²) >= 11 is 4.76. The molecule has 0 aliphatic heterocycles. The van der Waals surface area contributed by atoms with Gasteiger partial charge in [0.1, 0.15) is 10.6 Å². The van der Waals surface area contributed by atoms with Gasteiger partial charge in [-0.25, -0.2) is 0 Å². The second-order valence-corrected chi connectivity index (χ2v) is 6.30. The summed E-state index contributed by atoms with van der Waals surface area (Å²) < 4.78 is 29.5. The molecule has 3 N–H and O–H groups in total. The Morgan fingerprint density at radius 2 is 1.86 bits per heavy atom. The van der Waals surface area contributed by atoms with Crippen molar-refractivity contribution < 1.29 is 12.6 Å². The zero-order valence-corrected chi connectivity index (χ0v) is 12.9. The fourth-order valence-corrected chi connectivity index (χ4v) is 2.74. The predicted octanol–water partition coefficient (Wildman–Crippen LogP) is 2.42. The minimum atomic E-state index is -3.91. The second kappa shape index (κ2) is 6.11. The summed E-state index contributed by atoms with van der Waals surface area (Å²) in [4.78, 5) is 0.0238. The van der Waals surface area contributed by atoms with Gasteiger partial charge in [0, 0.05) is 5.69 Å². The summed E-state index contributed by atoms with van der Waals surface area (Å²) in [7, 11) is -3.91. The maximum Gasteiger partial charge on any atom is 0.339 e. The largest absolute Gasteiger partial charge is 0.379 e. The molecule has 0 unspecified atom stereocenters. The number of anilines is 1. The van der Waals surface area contributed by atoms with Crippen molar-refractivity contribution in [3.05, 3.63) is 54.1 Å². The monoisotopic (exact) mass is 322 g/mol. The van der Waals surface area contributed by atoms with E-state index in [0.29, 0.717) is 5.69 Å². The number of nitrogens with two attached hydrogens (primary N) is 1. The maximum absolute atomic E-state index is 12.2. The van der Waals surface area contributed by atoms with Crippen LogP contribution in [0.2, 0.25) is 0 Å². The first-order valence-electron chi connectivity index (χ1n) is 6.05. The highest BCUT2D eigenvalue weighted by molar-refractivity contribution is 7.87. The van der Waals surface area contributed by atoms with Crippen molar-refractivity contribution in [3.63, 3.8) is 0 Å². The van der Waals surface area contributed by atoms with E-state index < -0.39 is 10.1 Å². The van der Waals surface area contributed by atoms with Crippen molar-refractivity contribution in [2.24, 2.45) is 5.73 Å². The van der Waals surface area contributed by atoms with Gasteiger partial charge in [0.05, 0.1) is 0 Å². The maximum atomic E-state index is 12.2. The number of hydrogen-bond donors (Lipinski definition) is 2. The Labute approximate surface area is 128 Å². The molecule has 0 amide bonds. The highest BCUT2D eigenvalue weighted by atomic mass is 32.2. The highest BCUT2D eigenvalue weighted by Gasteiger charge is 2.18. The Hall–Kier alpha value is -2.12. The quantitative estimate of drug-likeness (QED) is 0.664. The van der Waals surface area contributed by atoms with Crippen molar-refractivity contribution >= 4 is 33.1 Å². The number of hydrogen-bond acceptors (Lipinski definition) is 4. The van der Waals surface area contributed by atoms with E-state index in [1.807, 2.05) is 6.92 Å². The zero-order chi connectivity index (χ0) is 15.5. The minimum absolute atomic E-state index is 0.0238. The average molecular weight is 322 g/mol. The molecular weight excluding hydrogens is 308 g/mol. The molecular formula is C14H14N2O3S2. The summed E-state index contributed by atoms with van der Waals surface area (Å²) in [6.45, 7) is 1.81. The third-order valence-electron chi connectivity index (χ3n) is 2.70. The fourth-order valence-electron chi connectivity index (χ4n) is 1.67. The van der Waals surface area contributed by atoms with Gasteiger partial charge in [0.15, 0.2) is 5.11 Å². The second-order valence-electron chi connectivity index (χ2n) is 4.32. The van der Waals surface area contributed by atoms with Crippen LogP contribution in [0.4, 0.5) is 5.69 Å². The summed E-state index contributed by atoms with van der Waals surface area (Å²) in [5.41, 5.74) is 6.76. The molecule has 0 spiro atoms. The third kappa shape index (κ3) is 3.93. The van der Waals surface area contributed by atoms with Gasteiger partial charge in [0.2, 0.25) is 0 Å². The van der Waals surface area contributed by atoms with Gasteiger partial charge in [-0.1, -0.05) is 24.3 Å². The normalized spacial score (nSPS) is 10.9. The Balaban J connectivity index is 2.34.